The number of carbonyl (C=O) groups is 2. The summed E-state index contributed by atoms with van der Waals surface area (Å²) in [6.07, 6.45) is 0.704. The third-order valence-electron chi connectivity index (χ3n) is 2.54. The van der Waals surface area contributed by atoms with E-state index in [4.69, 9.17) is 9.47 Å². The highest BCUT2D eigenvalue weighted by Crippen LogP contribution is 2.06. The fourth-order valence-corrected chi connectivity index (χ4v) is 1.61. The first-order chi connectivity index (χ1) is 11.3. The number of carbonyl (C=O) groups excluding carboxylic acids is 2. The predicted molar refractivity (Wildman–Crippen MR) is 92.3 cm³/mol. The number of alkyl carbamates (subject to hydrolysis) is 1. The van der Waals surface area contributed by atoms with Crippen molar-refractivity contribution in [3.05, 3.63) is 47.5 Å². The van der Waals surface area contributed by atoms with Gasteiger partial charge in [0.1, 0.15) is 5.60 Å². The van der Waals surface area contributed by atoms with Crippen molar-refractivity contribution < 1.29 is 19.1 Å². The molecule has 0 saturated carbocycles. The van der Waals surface area contributed by atoms with Crippen molar-refractivity contribution in [3.63, 3.8) is 0 Å². The van der Waals surface area contributed by atoms with E-state index in [1.807, 2.05) is 30.3 Å². The van der Waals surface area contributed by atoms with Gasteiger partial charge in [0.25, 0.3) is 0 Å². The van der Waals surface area contributed by atoms with E-state index >= 15 is 0 Å². The number of rotatable bonds is 4. The Morgan fingerprint density at radius 3 is 2.46 bits per heavy atom. The van der Waals surface area contributed by atoms with Gasteiger partial charge < -0.3 is 14.8 Å². The van der Waals surface area contributed by atoms with Crippen LogP contribution in [0.3, 0.4) is 0 Å². The van der Waals surface area contributed by atoms with E-state index in [-0.39, 0.29) is 13.2 Å². The summed E-state index contributed by atoms with van der Waals surface area (Å²) >= 11 is 0. The van der Waals surface area contributed by atoms with Crippen LogP contribution in [-0.4, -0.2) is 30.8 Å². The number of nitrogens with one attached hydrogen (secondary N) is 1. The molecule has 0 bridgehead atoms. The number of esters is 1. The van der Waals surface area contributed by atoms with Crippen molar-refractivity contribution in [2.45, 2.75) is 33.3 Å². The predicted octanol–water partition coefficient (Wildman–Crippen LogP) is 3.05. The van der Waals surface area contributed by atoms with Gasteiger partial charge in [-0.3, -0.25) is 0 Å². The minimum atomic E-state index is -0.592. The molecule has 0 spiro atoms. The smallest absolute Gasteiger partial charge is 0.407 e. The van der Waals surface area contributed by atoms with Crippen molar-refractivity contribution in [3.8, 4) is 11.8 Å². The summed E-state index contributed by atoms with van der Waals surface area (Å²) in [5.41, 5.74) is 0.651. The fraction of sp³-hybridized carbons (Fsp3) is 0.368. The Bertz CT molecular complexity index is 645. The van der Waals surface area contributed by atoms with Gasteiger partial charge in [-0.2, -0.15) is 0 Å². The molecule has 0 heterocycles. The van der Waals surface area contributed by atoms with Crippen molar-refractivity contribution in [1.82, 2.24) is 5.32 Å². The number of ether oxygens (including phenoxy) is 2. The number of hydrogen-bond acceptors (Lipinski definition) is 4. The summed E-state index contributed by atoms with van der Waals surface area (Å²) in [7, 11) is 0. The molecule has 24 heavy (non-hydrogen) atoms. The number of benzene rings is 1. The Kier molecular flexibility index (Phi) is 7.57. The summed E-state index contributed by atoms with van der Waals surface area (Å²) in [5.74, 6) is 5.33. The van der Waals surface area contributed by atoms with Gasteiger partial charge in [-0.05, 0) is 39.8 Å². The first-order valence-corrected chi connectivity index (χ1v) is 7.71. The summed E-state index contributed by atoms with van der Waals surface area (Å²) in [6.45, 7) is 7.40. The third-order valence-corrected chi connectivity index (χ3v) is 2.54. The zero-order chi connectivity index (χ0) is 18.0. The van der Waals surface area contributed by atoms with Crippen LogP contribution in [0.1, 0.15) is 33.3 Å². The minimum Gasteiger partial charge on any atom is -0.463 e. The molecule has 1 amide bonds. The molecule has 0 fully saturated rings. The average molecular weight is 329 g/mol. The van der Waals surface area contributed by atoms with Crippen molar-refractivity contribution >= 4 is 12.1 Å². The van der Waals surface area contributed by atoms with E-state index in [0.717, 1.165) is 5.56 Å². The summed E-state index contributed by atoms with van der Waals surface area (Å²) in [6, 6.07) is 9.35. The average Bonchev–Trinajstić information content (AvgIpc) is 2.49. The molecule has 5 nitrogen and oxygen atoms in total. The fourth-order valence-electron chi connectivity index (χ4n) is 1.61. The first kappa shape index (κ1) is 19.3. The Labute approximate surface area is 143 Å². The first-order valence-electron chi connectivity index (χ1n) is 7.71. The molecule has 0 aliphatic heterocycles. The van der Waals surface area contributed by atoms with Crippen LogP contribution in [0.2, 0.25) is 0 Å². The van der Waals surface area contributed by atoms with Gasteiger partial charge >= 0.3 is 12.1 Å². The van der Waals surface area contributed by atoms with Gasteiger partial charge in [0.15, 0.2) is 0 Å². The lowest BCUT2D eigenvalue weighted by atomic mass is 10.2. The molecule has 0 aliphatic rings. The van der Waals surface area contributed by atoms with E-state index in [2.05, 4.69) is 17.2 Å². The van der Waals surface area contributed by atoms with Gasteiger partial charge in [-0.25, -0.2) is 9.59 Å². The second kappa shape index (κ2) is 9.41. The van der Waals surface area contributed by atoms with Crippen LogP contribution in [0.4, 0.5) is 4.79 Å². The maximum atomic E-state index is 11.7. The van der Waals surface area contributed by atoms with Crippen LogP contribution in [0, 0.1) is 11.8 Å². The second-order valence-corrected chi connectivity index (χ2v) is 5.89. The SMILES string of the molecule is CCOC(=O)/C=C(/C#Cc1ccccc1)CNC(=O)OC(C)(C)C. The molecular formula is C19H23NO4. The summed E-state index contributed by atoms with van der Waals surface area (Å²) in [5, 5.41) is 2.58. The quantitative estimate of drug-likeness (QED) is 0.524. The molecule has 5 heteroatoms. The van der Waals surface area contributed by atoms with Gasteiger partial charge in [-0.15, -0.1) is 0 Å². The van der Waals surface area contributed by atoms with Crippen LogP contribution in [0.5, 0.6) is 0 Å². The molecule has 0 saturated heterocycles. The number of hydrogen-bond donors (Lipinski definition) is 1. The molecule has 1 N–H and O–H groups in total. The highest BCUT2D eigenvalue weighted by molar-refractivity contribution is 5.84. The van der Waals surface area contributed by atoms with E-state index in [9.17, 15) is 9.59 Å². The highest BCUT2D eigenvalue weighted by Gasteiger charge is 2.16. The Morgan fingerprint density at radius 1 is 1.21 bits per heavy atom. The van der Waals surface area contributed by atoms with E-state index in [0.29, 0.717) is 5.57 Å². The summed E-state index contributed by atoms with van der Waals surface area (Å²) < 4.78 is 10.0. The normalized spacial score (nSPS) is 11.1. The van der Waals surface area contributed by atoms with Crippen LogP contribution in [0.25, 0.3) is 0 Å². The maximum Gasteiger partial charge on any atom is 0.407 e. The van der Waals surface area contributed by atoms with Crippen LogP contribution in [0.15, 0.2) is 42.0 Å². The van der Waals surface area contributed by atoms with Crippen LogP contribution >= 0.6 is 0 Å². The van der Waals surface area contributed by atoms with Gasteiger partial charge in [0.05, 0.1) is 13.2 Å². The molecule has 1 rings (SSSR count). The second-order valence-electron chi connectivity index (χ2n) is 5.89. The largest absolute Gasteiger partial charge is 0.463 e. The zero-order valence-electron chi connectivity index (χ0n) is 14.5. The van der Waals surface area contributed by atoms with Gasteiger partial charge in [-0.1, -0.05) is 30.0 Å². The lowest BCUT2D eigenvalue weighted by Crippen LogP contribution is -2.33. The highest BCUT2D eigenvalue weighted by atomic mass is 16.6. The van der Waals surface area contributed by atoms with E-state index in [1.54, 1.807) is 27.7 Å². The monoisotopic (exact) mass is 329 g/mol. The Hall–Kier alpha value is -2.74. The summed E-state index contributed by atoms with van der Waals surface area (Å²) in [4.78, 5) is 23.4. The van der Waals surface area contributed by atoms with Crippen molar-refractivity contribution in [2.75, 3.05) is 13.2 Å². The maximum absolute atomic E-state index is 11.7. The van der Waals surface area contributed by atoms with Crippen LogP contribution in [-0.2, 0) is 14.3 Å². The number of amides is 1. The van der Waals surface area contributed by atoms with Gasteiger partial charge in [0.2, 0.25) is 0 Å². The zero-order valence-corrected chi connectivity index (χ0v) is 14.5. The molecule has 1 aromatic rings. The van der Waals surface area contributed by atoms with E-state index < -0.39 is 17.7 Å². The standard InChI is InChI=1S/C19H23NO4/c1-5-23-17(21)13-16(12-11-15-9-7-6-8-10-15)14-20-18(22)24-19(2,3)4/h6-10,13H,5,14H2,1-4H3,(H,20,22)/b16-13-. The molecule has 1 aromatic carbocycles. The van der Waals surface area contributed by atoms with Crippen molar-refractivity contribution in [2.24, 2.45) is 0 Å². The lowest BCUT2D eigenvalue weighted by molar-refractivity contribution is -0.137. The Morgan fingerprint density at radius 2 is 1.88 bits per heavy atom. The van der Waals surface area contributed by atoms with Crippen molar-refractivity contribution in [1.29, 1.82) is 0 Å². The molecule has 128 valence electrons. The molecular weight excluding hydrogens is 306 g/mol. The molecule has 0 unspecified atom stereocenters. The third kappa shape index (κ3) is 8.64. The molecule has 0 aromatic heterocycles. The lowest BCUT2D eigenvalue weighted by Gasteiger charge is -2.19. The van der Waals surface area contributed by atoms with Gasteiger partial charge in [0, 0.05) is 17.2 Å². The molecule has 0 atom stereocenters. The Balaban J connectivity index is 2.81. The minimum absolute atomic E-state index is 0.0769. The molecule has 0 aliphatic carbocycles. The van der Waals surface area contributed by atoms with Crippen LogP contribution < -0.4 is 5.32 Å². The van der Waals surface area contributed by atoms with E-state index in [1.165, 1.54) is 6.08 Å². The topological polar surface area (TPSA) is 64.6 Å². The molecule has 0 radical (unpaired) electrons.